The molecule has 0 aliphatic carbocycles. The predicted octanol–water partition coefficient (Wildman–Crippen LogP) is 3.61. The fraction of sp³-hybridized carbons (Fsp3) is 0.562. The Bertz CT molecular complexity index is 812. The minimum absolute atomic E-state index is 0.100. The van der Waals surface area contributed by atoms with E-state index in [-0.39, 0.29) is 11.6 Å². The molecule has 10 heteroatoms. The Morgan fingerprint density at radius 2 is 1.96 bits per heavy atom. The minimum Gasteiger partial charge on any atom is -0.339 e. The highest BCUT2D eigenvalue weighted by Crippen LogP contribution is 2.36. The molecule has 0 aromatic carbocycles. The van der Waals surface area contributed by atoms with Crippen LogP contribution in [0.15, 0.2) is 6.20 Å². The fourth-order valence-corrected chi connectivity index (χ4v) is 2.92. The van der Waals surface area contributed by atoms with Gasteiger partial charge < -0.3 is 4.90 Å². The van der Waals surface area contributed by atoms with E-state index in [1.807, 2.05) is 20.0 Å². The normalized spacial score (nSPS) is 13.1. The lowest BCUT2D eigenvalue weighted by molar-refractivity contribution is -0.142. The summed E-state index contributed by atoms with van der Waals surface area (Å²) in [5, 5.41) is 7.35. The Labute approximate surface area is 154 Å². The zero-order chi connectivity index (χ0) is 19.8. The second kappa shape index (κ2) is 7.30. The van der Waals surface area contributed by atoms with Crippen molar-refractivity contribution in [3.63, 3.8) is 0 Å². The van der Waals surface area contributed by atoms with Crippen molar-refractivity contribution < 1.29 is 18.0 Å². The highest BCUT2D eigenvalue weighted by atomic mass is 35.5. The van der Waals surface area contributed by atoms with E-state index in [9.17, 15) is 18.0 Å². The van der Waals surface area contributed by atoms with Gasteiger partial charge in [0.1, 0.15) is 6.04 Å². The number of aryl methyl sites for hydroxylation is 2. The summed E-state index contributed by atoms with van der Waals surface area (Å²) in [6.07, 6.45) is -2.82. The van der Waals surface area contributed by atoms with E-state index in [0.717, 1.165) is 15.9 Å². The van der Waals surface area contributed by atoms with Crippen molar-refractivity contribution in [2.45, 2.75) is 53.0 Å². The molecule has 0 aliphatic rings. The van der Waals surface area contributed by atoms with Gasteiger partial charge in [0, 0.05) is 31.9 Å². The number of amides is 1. The summed E-state index contributed by atoms with van der Waals surface area (Å²) in [5.41, 5.74) is 0.597. The van der Waals surface area contributed by atoms with Crippen LogP contribution < -0.4 is 0 Å². The zero-order valence-corrected chi connectivity index (χ0v) is 16.0. The van der Waals surface area contributed by atoms with Crippen molar-refractivity contribution in [2.24, 2.45) is 0 Å². The number of halogens is 4. The van der Waals surface area contributed by atoms with Gasteiger partial charge in [-0.1, -0.05) is 11.6 Å². The molecule has 0 aliphatic heterocycles. The average Bonchev–Trinajstić information content (AvgIpc) is 3.06. The van der Waals surface area contributed by atoms with Crippen LogP contribution in [-0.2, 0) is 24.1 Å². The van der Waals surface area contributed by atoms with Crippen molar-refractivity contribution in [1.82, 2.24) is 24.5 Å². The van der Waals surface area contributed by atoms with Crippen LogP contribution in [-0.4, -0.2) is 37.4 Å². The van der Waals surface area contributed by atoms with Gasteiger partial charge in [0.15, 0.2) is 5.69 Å². The molecule has 26 heavy (non-hydrogen) atoms. The number of carbonyl (C=O) groups excluding carboxylic acids is 1. The Morgan fingerprint density at radius 3 is 2.42 bits per heavy atom. The predicted molar refractivity (Wildman–Crippen MR) is 90.8 cm³/mol. The Kier molecular flexibility index (Phi) is 5.70. The number of hydrogen-bond donors (Lipinski definition) is 0. The lowest BCUT2D eigenvalue weighted by atomic mass is 10.2. The molecule has 0 fully saturated rings. The third-order valence-electron chi connectivity index (χ3n) is 4.23. The van der Waals surface area contributed by atoms with Gasteiger partial charge in [0.25, 0.3) is 0 Å². The molecule has 0 unspecified atom stereocenters. The van der Waals surface area contributed by atoms with Crippen LogP contribution in [0.1, 0.15) is 42.5 Å². The molecular formula is C16H21ClF3N5O. The summed E-state index contributed by atoms with van der Waals surface area (Å²) < 4.78 is 41.7. The van der Waals surface area contributed by atoms with Crippen LogP contribution in [0.3, 0.4) is 0 Å². The number of carbonyl (C=O) groups is 1. The molecule has 2 rings (SSSR count). The van der Waals surface area contributed by atoms with E-state index in [4.69, 9.17) is 11.6 Å². The van der Waals surface area contributed by atoms with Gasteiger partial charge >= 0.3 is 6.18 Å². The fourth-order valence-electron chi connectivity index (χ4n) is 2.69. The molecule has 6 nitrogen and oxygen atoms in total. The quantitative estimate of drug-likeness (QED) is 0.782. The number of rotatable bonds is 5. The van der Waals surface area contributed by atoms with Crippen molar-refractivity contribution in [3.8, 4) is 0 Å². The number of alkyl halides is 3. The van der Waals surface area contributed by atoms with E-state index >= 15 is 0 Å². The first-order chi connectivity index (χ1) is 12.0. The summed E-state index contributed by atoms with van der Waals surface area (Å²) in [6.45, 7) is 7.71. The van der Waals surface area contributed by atoms with Crippen LogP contribution in [0.5, 0.6) is 0 Å². The van der Waals surface area contributed by atoms with E-state index in [0.29, 0.717) is 13.1 Å². The van der Waals surface area contributed by atoms with Crippen molar-refractivity contribution in [1.29, 1.82) is 0 Å². The maximum absolute atomic E-state index is 13.0. The van der Waals surface area contributed by atoms with Crippen molar-refractivity contribution in [2.75, 3.05) is 7.05 Å². The molecule has 0 spiro atoms. The van der Waals surface area contributed by atoms with Crippen molar-refractivity contribution >= 4 is 17.5 Å². The largest absolute Gasteiger partial charge is 0.436 e. The molecule has 2 aromatic heterocycles. The van der Waals surface area contributed by atoms with Crippen LogP contribution in [0.25, 0.3) is 0 Å². The second-order valence-electron chi connectivity index (χ2n) is 6.16. The molecule has 144 valence electrons. The Morgan fingerprint density at radius 1 is 1.35 bits per heavy atom. The Balaban J connectivity index is 2.22. The third kappa shape index (κ3) is 3.87. The monoisotopic (exact) mass is 391 g/mol. The van der Waals surface area contributed by atoms with Crippen LogP contribution >= 0.6 is 11.6 Å². The number of nitrogens with zero attached hydrogens (tertiary/aromatic N) is 5. The van der Waals surface area contributed by atoms with Crippen LogP contribution in [0, 0.1) is 13.8 Å². The van der Waals surface area contributed by atoms with Crippen LogP contribution in [0.2, 0.25) is 5.02 Å². The summed E-state index contributed by atoms with van der Waals surface area (Å²) in [7, 11) is 1.59. The highest BCUT2D eigenvalue weighted by molar-refractivity contribution is 6.32. The molecule has 0 saturated carbocycles. The molecule has 2 aromatic rings. The topological polar surface area (TPSA) is 56.0 Å². The van der Waals surface area contributed by atoms with Gasteiger partial charge in [-0.15, -0.1) is 0 Å². The SMILES string of the molecule is CCn1cc(CN(C)C(=O)[C@@H](C)n2nc(C(F)(F)F)c(Cl)c2C)c(C)n1. The number of likely N-dealkylation sites (N-methyl/N-ethyl adjacent to an activating group) is 1. The first-order valence-electron chi connectivity index (χ1n) is 8.07. The van der Waals surface area contributed by atoms with E-state index < -0.39 is 22.9 Å². The van der Waals surface area contributed by atoms with E-state index in [1.54, 1.807) is 11.7 Å². The second-order valence-corrected chi connectivity index (χ2v) is 6.53. The number of aromatic nitrogens is 4. The number of hydrogen-bond acceptors (Lipinski definition) is 3. The smallest absolute Gasteiger partial charge is 0.339 e. The first-order valence-corrected chi connectivity index (χ1v) is 8.44. The molecule has 0 saturated heterocycles. The molecule has 0 bridgehead atoms. The molecule has 0 radical (unpaired) electrons. The minimum atomic E-state index is -4.67. The first kappa shape index (κ1) is 20.3. The lowest BCUT2D eigenvalue weighted by Gasteiger charge is -2.22. The molecule has 1 amide bonds. The highest BCUT2D eigenvalue weighted by Gasteiger charge is 2.39. The third-order valence-corrected chi connectivity index (χ3v) is 4.68. The maximum Gasteiger partial charge on any atom is 0.436 e. The zero-order valence-electron chi connectivity index (χ0n) is 15.2. The summed E-state index contributed by atoms with van der Waals surface area (Å²) in [4.78, 5) is 14.1. The summed E-state index contributed by atoms with van der Waals surface area (Å²) in [5.74, 6) is -0.371. The van der Waals surface area contributed by atoms with Gasteiger partial charge in [-0.25, -0.2) is 0 Å². The van der Waals surface area contributed by atoms with Gasteiger partial charge in [-0.2, -0.15) is 23.4 Å². The van der Waals surface area contributed by atoms with Gasteiger partial charge in [-0.05, 0) is 27.7 Å². The molecule has 1 atom stereocenters. The van der Waals surface area contributed by atoms with Gasteiger partial charge in [-0.3, -0.25) is 14.2 Å². The maximum atomic E-state index is 13.0. The lowest BCUT2D eigenvalue weighted by Crippen LogP contribution is -2.33. The summed E-state index contributed by atoms with van der Waals surface area (Å²) in [6, 6.07) is -0.921. The molecular weight excluding hydrogens is 371 g/mol. The van der Waals surface area contributed by atoms with Gasteiger partial charge in [0.2, 0.25) is 5.91 Å². The van der Waals surface area contributed by atoms with Crippen molar-refractivity contribution in [3.05, 3.63) is 33.9 Å². The Hall–Kier alpha value is -2.03. The standard InChI is InChI=1S/C16H21ClF3N5O/c1-6-24-8-12(9(2)21-24)7-23(5)15(26)11(4)25-10(3)13(17)14(22-25)16(18,19)20/h8,11H,6-7H2,1-5H3/t11-/m1/s1. The van der Waals surface area contributed by atoms with E-state index in [2.05, 4.69) is 10.2 Å². The van der Waals surface area contributed by atoms with Crippen LogP contribution in [0.4, 0.5) is 13.2 Å². The average molecular weight is 392 g/mol. The summed E-state index contributed by atoms with van der Waals surface area (Å²) >= 11 is 5.76. The van der Waals surface area contributed by atoms with E-state index in [1.165, 1.54) is 18.7 Å². The van der Waals surface area contributed by atoms with Gasteiger partial charge in [0.05, 0.1) is 16.4 Å². The molecule has 0 N–H and O–H groups in total. The molecule has 2 heterocycles.